The molecule has 0 atom stereocenters. The maximum atomic E-state index is 12.1. The quantitative estimate of drug-likeness (QED) is 0.335. The fourth-order valence-corrected chi connectivity index (χ4v) is 2.54. The number of nitro benzene ring substituents is 1. The van der Waals surface area contributed by atoms with Crippen molar-refractivity contribution in [1.82, 2.24) is 0 Å². The molecule has 2 rings (SSSR count). The molecule has 0 bridgehead atoms. The zero-order chi connectivity index (χ0) is 20.8. The molecule has 146 valence electrons. The standard InChI is InChI=1S/C20H19ClN2O5/c1-12-5-8-17(23(26)27)20(14(12)3)22-18(24)11-28-19(25)9-7-15-6-4-13(2)16(21)10-15/h4-10H,11H2,1-3H3,(H,22,24)/b9-7+. The van der Waals surface area contributed by atoms with E-state index >= 15 is 0 Å². The first kappa shape index (κ1) is 21.1. The maximum Gasteiger partial charge on any atom is 0.331 e. The molecule has 2 aromatic rings. The van der Waals surface area contributed by atoms with Gasteiger partial charge in [-0.15, -0.1) is 0 Å². The normalized spacial score (nSPS) is 10.7. The Balaban J connectivity index is 1.98. The molecule has 1 N–H and O–H groups in total. The Labute approximate surface area is 167 Å². The smallest absolute Gasteiger partial charge is 0.331 e. The van der Waals surface area contributed by atoms with E-state index in [4.69, 9.17) is 16.3 Å². The SMILES string of the molecule is Cc1ccc(/C=C/C(=O)OCC(=O)Nc2c([N+](=O)[O-])ccc(C)c2C)cc1Cl. The Hall–Kier alpha value is -3.19. The molecule has 2 aromatic carbocycles. The number of anilines is 1. The van der Waals surface area contributed by atoms with Crippen LogP contribution in [0.2, 0.25) is 5.02 Å². The predicted octanol–water partition coefficient (Wildman–Crippen LogP) is 4.37. The van der Waals surface area contributed by atoms with Gasteiger partial charge in [-0.25, -0.2) is 4.79 Å². The second-order valence-electron chi connectivity index (χ2n) is 6.16. The first-order valence-electron chi connectivity index (χ1n) is 8.34. The summed E-state index contributed by atoms with van der Waals surface area (Å²) in [4.78, 5) is 34.4. The highest BCUT2D eigenvalue weighted by molar-refractivity contribution is 6.31. The number of ether oxygens (including phenoxy) is 1. The third-order valence-corrected chi connectivity index (χ3v) is 4.54. The number of aryl methyl sites for hydroxylation is 2. The molecule has 0 aromatic heterocycles. The number of esters is 1. The molecule has 28 heavy (non-hydrogen) atoms. The van der Waals surface area contributed by atoms with Crippen molar-refractivity contribution in [3.8, 4) is 0 Å². The number of hydrogen-bond acceptors (Lipinski definition) is 5. The molecule has 1 amide bonds. The molecule has 7 nitrogen and oxygen atoms in total. The number of carbonyl (C=O) groups excluding carboxylic acids is 2. The molecular weight excluding hydrogens is 384 g/mol. The topological polar surface area (TPSA) is 98.5 Å². The van der Waals surface area contributed by atoms with Crippen LogP contribution in [-0.2, 0) is 14.3 Å². The van der Waals surface area contributed by atoms with Crippen LogP contribution < -0.4 is 5.32 Å². The van der Waals surface area contributed by atoms with Crippen LogP contribution >= 0.6 is 11.6 Å². The van der Waals surface area contributed by atoms with Crippen LogP contribution in [0.15, 0.2) is 36.4 Å². The lowest BCUT2D eigenvalue weighted by atomic mass is 10.1. The molecule has 0 saturated heterocycles. The van der Waals surface area contributed by atoms with Crippen molar-refractivity contribution in [1.29, 1.82) is 0 Å². The Morgan fingerprint density at radius 3 is 2.50 bits per heavy atom. The lowest BCUT2D eigenvalue weighted by Gasteiger charge is -2.11. The first-order valence-corrected chi connectivity index (χ1v) is 8.72. The van der Waals surface area contributed by atoms with E-state index in [2.05, 4.69) is 5.32 Å². The molecule has 0 aliphatic carbocycles. The minimum absolute atomic E-state index is 0.0934. The van der Waals surface area contributed by atoms with Crippen molar-refractivity contribution in [3.05, 3.63) is 73.8 Å². The van der Waals surface area contributed by atoms with Gasteiger partial charge in [0, 0.05) is 17.2 Å². The molecule has 0 saturated carbocycles. The lowest BCUT2D eigenvalue weighted by Crippen LogP contribution is -2.21. The number of nitrogens with zero attached hydrogens (tertiary/aromatic N) is 1. The van der Waals surface area contributed by atoms with Crippen molar-refractivity contribution < 1.29 is 19.2 Å². The van der Waals surface area contributed by atoms with Crippen LogP contribution in [0.1, 0.15) is 22.3 Å². The van der Waals surface area contributed by atoms with Crippen LogP contribution in [0.3, 0.4) is 0 Å². The van der Waals surface area contributed by atoms with Gasteiger partial charge in [-0.2, -0.15) is 0 Å². The second-order valence-corrected chi connectivity index (χ2v) is 6.56. The summed E-state index contributed by atoms with van der Waals surface area (Å²) in [5, 5.41) is 14.2. The summed E-state index contributed by atoms with van der Waals surface area (Å²) in [5.74, 6) is -1.39. The molecule has 0 aliphatic rings. The molecule has 0 heterocycles. The number of nitro groups is 1. The van der Waals surface area contributed by atoms with Crippen LogP contribution in [0.5, 0.6) is 0 Å². The fourth-order valence-electron chi connectivity index (χ4n) is 2.35. The van der Waals surface area contributed by atoms with Gasteiger partial charge in [0.2, 0.25) is 0 Å². The van der Waals surface area contributed by atoms with E-state index in [1.165, 1.54) is 18.2 Å². The van der Waals surface area contributed by atoms with Crippen molar-refractivity contribution >= 4 is 40.9 Å². The van der Waals surface area contributed by atoms with E-state index < -0.39 is 23.4 Å². The van der Waals surface area contributed by atoms with Gasteiger partial charge in [0.05, 0.1) is 4.92 Å². The third-order valence-electron chi connectivity index (χ3n) is 4.13. The van der Waals surface area contributed by atoms with Crippen molar-refractivity contribution in [2.45, 2.75) is 20.8 Å². The number of amides is 1. The van der Waals surface area contributed by atoms with E-state index in [1.807, 2.05) is 13.0 Å². The molecule has 0 unspecified atom stereocenters. The van der Waals surface area contributed by atoms with Crippen LogP contribution in [0.25, 0.3) is 6.08 Å². The van der Waals surface area contributed by atoms with Crippen LogP contribution in [-0.4, -0.2) is 23.4 Å². The van der Waals surface area contributed by atoms with Crippen molar-refractivity contribution in [2.24, 2.45) is 0 Å². The van der Waals surface area contributed by atoms with Crippen molar-refractivity contribution in [3.63, 3.8) is 0 Å². The van der Waals surface area contributed by atoms with Gasteiger partial charge >= 0.3 is 5.97 Å². The summed E-state index contributed by atoms with van der Waals surface area (Å²) in [6.07, 6.45) is 2.69. The van der Waals surface area contributed by atoms with Gasteiger partial charge in [0.15, 0.2) is 6.61 Å². The van der Waals surface area contributed by atoms with Gasteiger partial charge in [0.25, 0.3) is 11.6 Å². The number of nitrogens with one attached hydrogen (secondary N) is 1. The summed E-state index contributed by atoms with van der Waals surface area (Å²) in [7, 11) is 0. The van der Waals surface area contributed by atoms with Crippen LogP contribution in [0, 0.1) is 30.9 Å². The summed E-state index contributed by atoms with van der Waals surface area (Å²) in [6, 6.07) is 8.23. The highest BCUT2D eigenvalue weighted by Crippen LogP contribution is 2.30. The minimum Gasteiger partial charge on any atom is -0.452 e. The fraction of sp³-hybridized carbons (Fsp3) is 0.200. The minimum atomic E-state index is -0.720. The lowest BCUT2D eigenvalue weighted by molar-refractivity contribution is -0.384. The Morgan fingerprint density at radius 2 is 1.86 bits per heavy atom. The van der Waals surface area contributed by atoms with Crippen molar-refractivity contribution in [2.75, 3.05) is 11.9 Å². The van der Waals surface area contributed by atoms with Gasteiger partial charge in [-0.3, -0.25) is 14.9 Å². The summed E-state index contributed by atoms with van der Waals surface area (Å²) >= 11 is 6.02. The molecular formula is C20H19ClN2O5. The zero-order valence-electron chi connectivity index (χ0n) is 15.6. The van der Waals surface area contributed by atoms with Gasteiger partial charge in [-0.1, -0.05) is 29.8 Å². The van der Waals surface area contributed by atoms with E-state index in [0.29, 0.717) is 16.1 Å². The predicted molar refractivity (Wildman–Crippen MR) is 107 cm³/mol. The monoisotopic (exact) mass is 402 g/mol. The molecule has 8 heteroatoms. The van der Waals surface area contributed by atoms with E-state index in [1.54, 1.807) is 32.0 Å². The molecule has 0 radical (unpaired) electrons. The Bertz CT molecular complexity index is 969. The summed E-state index contributed by atoms with van der Waals surface area (Å²) < 4.78 is 4.88. The number of benzene rings is 2. The highest BCUT2D eigenvalue weighted by atomic mass is 35.5. The Kier molecular flexibility index (Phi) is 6.89. The number of carbonyl (C=O) groups is 2. The molecule has 0 aliphatic heterocycles. The van der Waals surface area contributed by atoms with E-state index in [0.717, 1.165) is 11.1 Å². The Morgan fingerprint density at radius 1 is 1.18 bits per heavy atom. The van der Waals surface area contributed by atoms with Gasteiger partial charge in [-0.05, 0) is 55.2 Å². The number of halogens is 1. The van der Waals surface area contributed by atoms with Gasteiger partial charge < -0.3 is 10.1 Å². The number of hydrogen-bond donors (Lipinski definition) is 1. The van der Waals surface area contributed by atoms with Gasteiger partial charge in [0.1, 0.15) is 5.69 Å². The zero-order valence-corrected chi connectivity index (χ0v) is 16.4. The molecule has 0 fully saturated rings. The first-order chi connectivity index (χ1) is 13.2. The summed E-state index contributed by atoms with van der Waals surface area (Å²) in [6.45, 7) is 4.74. The van der Waals surface area contributed by atoms with E-state index in [9.17, 15) is 19.7 Å². The maximum absolute atomic E-state index is 12.1. The number of rotatable bonds is 6. The molecule has 0 spiro atoms. The van der Waals surface area contributed by atoms with Crippen LogP contribution in [0.4, 0.5) is 11.4 Å². The third kappa shape index (κ3) is 5.40. The highest BCUT2D eigenvalue weighted by Gasteiger charge is 2.19. The second kappa shape index (κ2) is 9.14. The largest absolute Gasteiger partial charge is 0.452 e. The average molecular weight is 403 g/mol. The van der Waals surface area contributed by atoms with E-state index in [-0.39, 0.29) is 11.4 Å². The average Bonchev–Trinajstić information content (AvgIpc) is 2.64. The summed E-state index contributed by atoms with van der Waals surface area (Å²) in [5.41, 5.74) is 2.86.